The number of ether oxygens (including phenoxy) is 2. The van der Waals surface area contributed by atoms with Crippen molar-refractivity contribution in [2.24, 2.45) is 0 Å². The monoisotopic (exact) mass is 986 g/mol. The van der Waals surface area contributed by atoms with E-state index in [-0.39, 0.29) is 32.0 Å². The molecule has 0 bridgehead atoms. The first-order valence-corrected chi connectivity index (χ1v) is 29.3. The van der Waals surface area contributed by atoms with E-state index < -0.39 is 26.5 Å². The molecular weight excluding hydrogens is 882 g/mol. The molecule has 0 amide bonds. The Morgan fingerprint density at radius 2 is 0.826 bits per heavy atom. The molecule has 2 atom stereocenters. The first kappa shape index (κ1) is 66.2. The van der Waals surface area contributed by atoms with Crippen LogP contribution in [0.2, 0.25) is 0 Å². The van der Waals surface area contributed by atoms with Crippen molar-refractivity contribution in [2.75, 3.05) is 47.5 Å². The van der Waals surface area contributed by atoms with E-state index in [4.69, 9.17) is 18.5 Å². The first-order chi connectivity index (χ1) is 33.5. The molecule has 9 nitrogen and oxygen atoms in total. The van der Waals surface area contributed by atoms with Crippen LogP contribution in [-0.2, 0) is 32.7 Å². The molecule has 10 heteroatoms. The fourth-order valence-corrected chi connectivity index (χ4v) is 8.13. The lowest BCUT2D eigenvalue weighted by atomic mass is 10.0. The molecule has 2 unspecified atom stereocenters. The van der Waals surface area contributed by atoms with Gasteiger partial charge < -0.3 is 27.9 Å². The standard InChI is InChI=1S/C59H104NO8P/c1-6-8-10-12-14-16-18-19-20-21-22-23-24-25-26-27-28-29-30-31-32-33-34-35-36-37-38-39-40-41-42-44-46-48-50-52-59(62)68-57(56-67-69(63,64)66-54-53-60(3,4)5)55-65-58(61)51-49-47-45-43-17-15-13-11-9-7-2/h8,10,14,16,19-20,22-23,25-26,28-29,31-32,57H,6-7,9,11-13,15,17-18,21,24,27,30,33-56H2,1-5H3/b10-8-,16-14-,20-19-,23-22-,26-25-,29-28-,32-31-. The van der Waals surface area contributed by atoms with Crippen LogP contribution in [0.3, 0.4) is 0 Å². The second kappa shape index (κ2) is 50.1. The quantitative estimate of drug-likeness (QED) is 0.0195. The lowest BCUT2D eigenvalue weighted by Crippen LogP contribution is -2.37. The van der Waals surface area contributed by atoms with Crippen LogP contribution in [0.1, 0.15) is 226 Å². The molecule has 0 saturated heterocycles. The largest absolute Gasteiger partial charge is 0.756 e. The minimum atomic E-state index is -4.63. The lowest BCUT2D eigenvalue weighted by molar-refractivity contribution is -0.870. The van der Waals surface area contributed by atoms with Crippen LogP contribution in [0, 0.1) is 0 Å². The molecular formula is C59H104NO8P. The van der Waals surface area contributed by atoms with Crippen LogP contribution in [0.15, 0.2) is 85.1 Å². The number of phosphoric ester groups is 1. The zero-order chi connectivity index (χ0) is 50.6. The highest BCUT2D eigenvalue weighted by Crippen LogP contribution is 2.38. The van der Waals surface area contributed by atoms with Crippen molar-refractivity contribution in [3.05, 3.63) is 85.1 Å². The number of carbonyl (C=O) groups excluding carboxylic acids is 2. The fourth-order valence-electron chi connectivity index (χ4n) is 7.40. The highest BCUT2D eigenvalue weighted by atomic mass is 31.2. The lowest BCUT2D eigenvalue weighted by Gasteiger charge is -2.28. The summed E-state index contributed by atoms with van der Waals surface area (Å²) in [5, 5.41) is 0. The van der Waals surface area contributed by atoms with Gasteiger partial charge in [-0.15, -0.1) is 0 Å². The molecule has 0 N–H and O–H groups in total. The summed E-state index contributed by atoms with van der Waals surface area (Å²) >= 11 is 0. The fraction of sp³-hybridized carbons (Fsp3) is 0.729. The SMILES string of the molecule is CC/C=C\C/C=C\C/C=C\C/C=C\C/C=C\C/C=C\C/C=C\CCCCCCCCCCCCCCCC(=O)OC(COC(=O)CCCCCCCCCCCC)COP(=O)([O-])OCC[N+](C)(C)C. The maximum absolute atomic E-state index is 12.7. The average Bonchev–Trinajstić information content (AvgIpc) is 3.31. The van der Waals surface area contributed by atoms with Crippen molar-refractivity contribution in [1.82, 2.24) is 0 Å². The molecule has 0 aliphatic rings. The summed E-state index contributed by atoms with van der Waals surface area (Å²) in [5.74, 6) is -0.836. The van der Waals surface area contributed by atoms with Crippen molar-refractivity contribution in [1.29, 1.82) is 0 Å². The van der Waals surface area contributed by atoms with Crippen molar-refractivity contribution < 1.29 is 42.1 Å². The molecule has 0 aromatic carbocycles. The molecule has 0 spiro atoms. The third-order valence-corrected chi connectivity index (χ3v) is 12.6. The van der Waals surface area contributed by atoms with Crippen LogP contribution in [0.25, 0.3) is 0 Å². The molecule has 0 fully saturated rings. The van der Waals surface area contributed by atoms with Gasteiger partial charge in [0.2, 0.25) is 0 Å². The van der Waals surface area contributed by atoms with Gasteiger partial charge in [-0.1, -0.05) is 227 Å². The second-order valence-electron chi connectivity index (χ2n) is 19.6. The van der Waals surface area contributed by atoms with Gasteiger partial charge in [0.15, 0.2) is 6.10 Å². The van der Waals surface area contributed by atoms with Gasteiger partial charge in [0.25, 0.3) is 7.82 Å². The number of unbranched alkanes of at least 4 members (excludes halogenated alkanes) is 22. The van der Waals surface area contributed by atoms with E-state index in [0.29, 0.717) is 17.4 Å². The number of esters is 2. The van der Waals surface area contributed by atoms with Gasteiger partial charge in [0.1, 0.15) is 19.8 Å². The molecule has 0 saturated carbocycles. The van der Waals surface area contributed by atoms with Crippen LogP contribution < -0.4 is 4.89 Å². The summed E-state index contributed by atoms with van der Waals surface area (Å²) in [7, 11) is 1.16. The number of allylic oxidation sites excluding steroid dienone is 14. The average molecular weight is 986 g/mol. The predicted octanol–water partition coefficient (Wildman–Crippen LogP) is 16.5. The number of hydrogen-bond donors (Lipinski definition) is 0. The number of hydrogen-bond acceptors (Lipinski definition) is 8. The number of carbonyl (C=O) groups is 2. The minimum Gasteiger partial charge on any atom is -0.756 e. The summed E-state index contributed by atoms with van der Waals surface area (Å²) in [5.41, 5.74) is 0. The Balaban J connectivity index is 4.03. The van der Waals surface area contributed by atoms with E-state index in [2.05, 4.69) is 98.9 Å². The normalized spacial score (nSPS) is 14.0. The minimum absolute atomic E-state index is 0.0324. The predicted molar refractivity (Wildman–Crippen MR) is 291 cm³/mol. The summed E-state index contributed by atoms with van der Waals surface area (Å²) < 4.78 is 34.0. The summed E-state index contributed by atoms with van der Waals surface area (Å²) in [6, 6.07) is 0. The van der Waals surface area contributed by atoms with Crippen molar-refractivity contribution in [3.8, 4) is 0 Å². The molecule has 0 rings (SSSR count). The molecule has 0 heterocycles. The van der Waals surface area contributed by atoms with Gasteiger partial charge in [-0.05, 0) is 70.6 Å². The molecule has 0 aliphatic heterocycles. The van der Waals surface area contributed by atoms with Gasteiger partial charge in [0.05, 0.1) is 27.7 Å². The summed E-state index contributed by atoms with van der Waals surface area (Å²) in [6.45, 7) is 4.10. The van der Waals surface area contributed by atoms with Crippen molar-refractivity contribution >= 4 is 19.8 Å². The van der Waals surface area contributed by atoms with Gasteiger partial charge in [-0.25, -0.2) is 0 Å². The Morgan fingerprint density at radius 1 is 0.464 bits per heavy atom. The van der Waals surface area contributed by atoms with Gasteiger partial charge in [-0.2, -0.15) is 0 Å². The van der Waals surface area contributed by atoms with E-state index in [1.54, 1.807) is 0 Å². The van der Waals surface area contributed by atoms with E-state index >= 15 is 0 Å². The number of quaternary nitrogens is 1. The van der Waals surface area contributed by atoms with E-state index in [0.717, 1.165) is 83.5 Å². The number of nitrogens with zero attached hydrogens (tertiary/aromatic N) is 1. The topological polar surface area (TPSA) is 111 Å². The van der Waals surface area contributed by atoms with Gasteiger partial charge in [-0.3, -0.25) is 14.2 Å². The number of rotatable bonds is 50. The van der Waals surface area contributed by atoms with Gasteiger partial charge in [0, 0.05) is 12.8 Å². The van der Waals surface area contributed by atoms with Crippen molar-refractivity contribution in [2.45, 2.75) is 232 Å². The second-order valence-corrected chi connectivity index (χ2v) is 21.0. The Hall–Kier alpha value is -2.81. The van der Waals surface area contributed by atoms with Crippen molar-refractivity contribution in [3.63, 3.8) is 0 Å². The van der Waals surface area contributed by atoms with Crippen LogP contribution in [0.5, 0.6) is 0 Å². The van der Waals surface area contributed by atoms with Gasteiger partial charge >= 0.3 is 11.9 Å². The molecule has 398 valence electrons. The number of likely N-dealkylation sites (N-methyl/N-ethyl adjacent to an activating group) is 1. The Labute approximate surface area is 424 Å². The molecule has 0 aromatic heterocycles. The molecule has 0 radical (unpaired) electrons. The zero-order valence-corrected chi connectivity index (χ0v) is 45.9. The Morgan fingerprint density at radius 3 is 1.23 bits per heavy atom. The van der Waals surface area contributed by atoms with E-state index in [9.17, 15) is 19.0 Å². The third kappa shape index (κ3) is 54.4. The molecule has 0 aromatic rings. The van der Waals surface area contributed by atoms with E-state index in [1.165, 1.54) is 109 Å². The van der Waals surface area contributed by atoms with E-state index in [1.807, 2.05) is 21.1 Å². The molecule has 69 heavy (non-hydrogen) atoms. The van der Waals surface area contributed by atoms with Crippen LogP contribution in [0.4, 0.5) is 0 Å². The van der Waals surface area contributed by atoms with Crippen LogP contribution in [-0.4, -0.2) is 70.0 Å². The third-order valence-electron chi connectivity index (χ3n) is 11.7. The summed E-state index contributed by atoms with van der Waals surface area (Å²) in [6.07, 6.45) is 66.4. The highest BCUT2D eigenvalue weighted by Gasteiger charge is 2.21. The first-order valence-electron chi connectivity index (χ1n) is 27.8. The summed E-state index contributed by atoms with van der Waals surface area (Å²) in [4.78, 5) is 37.6. The Kier molecular flexibility index (Phi) is 48.1. The maximum Gasteiger partial charge on any atom is 0.306 e. The van der Waals surface area contributed by atoms with Crippen LogP contribution >= 0.6 is 7.82 Å². The maximum atomic E-state index is 12.7. The highest BCUT2D eigenvalue weighted by molar-refractivity contribution is 7.45. The smallest absolute Gasteiger partial charge is 0.306 e. The number of phosphoric acid groups is 1. The Bertz CT molecular complexity index is 1440. The molecule has 0 aliphatic carbocycles. The zero-order valence-electron chi connectivity index (χ0n) is 45.0.